The summed E-state index contributed by atoms with van der Waals surface area (Å²) in [5, 5.41) is 3.22. The van der Waals surface area contributed by atoms with E-state index in [-0.39, 0.29) is 5.28 Å². The van der Waals surface area contributed by atoms with Gasteiger partial charge in [0.25, 0.3) is 0 Å². The summed E-state index contributed by atoms with van der Waals surface area (Å²) in [5.74, 6) is 0.704. The van der Waals surface area contributed by atoms with Crippen LogP contribution in [0.15, 0.2) is 12.3 Å². The van der Waals surface area contributed by atoms with Crippen LogP contribution in [0.4, 0.5) is 5.82 Å². The summed E-state index contributed by atoms with van der Waals surface area (Å²) in [6.07, 6.45) is 1.59. The molecule has 60 valence electrons. The molecule has 0 saturated heterocycles. The van der Waals surface area contributed by atoms with Gasteiger partial charge in [0.1, 0.15) is 5.82 Å². The van der Waals surface area contributed by atoms with Crippen molar-refractivity contribution in [1.29, 1.82) is 0 Å². The Balaban J connectivity index is 2.56. The Morgan fingerprint density at radius 3 is 3.09 bits per heavy atom. The van der Waals surface area contributed by atoms with Gasteiger partial charge in [-0.3, -0.25) is 0 Å². The molecule has 1 aromatic heterocycles. The fourth-order valence-corrected chi connectivity index (χ4v) is 0.781. The van der Waals surface area contributed by atoms with Crippen LogP contribution < -0.4 is 11.1 Å². The van der Waals surface area contributed by atoms with E-state index in [0.29, 0.717) is 18.9 Å². The maximum atomic E-state index is 5.53. The van der Waals surface area contributed by atoms with E-state index in [9.17, 15) is 0 Å². The van der Waals surface area contributed by atoms with E-state index in [0.717, 1.165) is 0 Å². The molecule has 5 heteroatoms. The first-order valence-electron chi connectivity index (χ1n) is 3.25. The number of nitrogens with one attached hydrogen (secondary N) is 1. The third-order valence-corrected chi connectivity index (χ3v) is 1.26. The van der Waals surface area contributed by atoms with E-state index in [4.69, 9.17) is 17.3 Å². The predicted molar refractivity (Wildman–Crippen MR) is 44.6 cm³/mol. The summed E-state index contributed by atoms with van der Waals surface area (Å²) in [4.78, 5) is 7.63. The molecule has 0 aliphatic carbocycles. The van der Waals surface area contributed by atoms with Crippen LogP contribution in [0.5, 0.6) is 0 Å². The molecule has 0 unspecified atom stereocenters. The van der Waals surface area contributed by atoms with Crippen LogP contribution in [0, 0.1) is 0 Å². The minimum Gasteiger partial charge on any atom is -0.369 e. The predicted octanol–water partition coefficient (Wildman–Crippen LogP) is 0.501. The summed E-state index contributed by atoms with van der Waals surface area (Å²) < 4.78 is 0. The second-order valence-electron chi connectivity index (χ2n) is 1.93. The van der Waals surface area contributed by atoms with Crippen LogP contribution >= 0.6 is 11.6 Å². The topological polar surface area (TPSA) is 63.8 Å². The zero-order chi connectivity index (χ0) is 8.10. The largest absolute Gasteiger partial charge is 0.369 e. The molecule has 0 saturated carbocycles. The Bertz CT molecular complexity index is 228. The van der Waals surface area contributed by atoms with Crippen molar-refractivity contribution in [3.8, 4) is 0 Å². The average molecular weight is 173 g/mol. The van der Waals surface area contributed by atoms with Crippen molar-refractivity contribution in [3.05, 3.63) is 17.5 Å². The van der Waals surface area contributed by atoms with Gasteiger partial charge in [-0.2, -0.15) is 0 Å². The molecule has 0 aromatic carbocycles. The Morgan fingerprint density at radius 1 is 1.64 bits per heavy atom. The van der Waals surface area contributed by atoms with E-state index in [1.165, 1.54) is 0 Å². The van der Waals surface area contributed by atoms with Gasteiger partial charge in [0.2, 0.25) is 5.28 Å². The molecule has 0 atom stereocenters. The number of hydrogen-bond donors (Lipinski definition) is 2. The molecule has 3 N–H and O–H groups in total. The molecule has 11 heavy (non-hydrogen) atoms. The van der Waals surface area contributed by atoms with Gasteiger partial charge in [-0.1, -0.05) is 0 Å². The monoisotopic (exact) mass is 172 g/mol. The quantitative estimate of drug-likeness (QED) is 0.652. The van der Waals surface area contributed by atoms with Crippen molar-refractivity contribution >= 4 is 17.4 Å². The lowest BCUT2D eigenvalue weighted by Crippen LogP contribution is -2.13. The SMILES string of the molecule is NCCNc1ccnc(Cl)n1. The highest BCUT2D eigenvalue weighted by Gasteiger charge is 1.92. The maximum absolute atomic E-state index is 5.53. The fraction of sp³-hybridized carbons (Fsp3) is 0.333. The molecule has 1 heterocycles. The normalized spacial score (nSPS) is 9.64. The number of hydrogen-bond acceptors (Lipinski definition) is 4. The van der Waals surface area contributed by atoms with Gasteiger partial charge in [0.15, 0.2) is 0 Å². The molecule has 0 aliphatic heterocycles. The van der Waals surface area contributed by atoms with Crippen molar-refractivity contribution in [1.82, 2.24) is 9.97 Å². The summed E-state index contributed by atoms with van der Waals surface area (Å²) in [5.41, 5.74) is 5.28. The van der Waals surface area contributed by atoms with Gasteiger partial charge < -0.3 is 11.1 Å². The van der Waals surface area contributed by atoms with Crippen molar-refractivity contribution in [3.63, 3.8) is 0 Å². The van der Waals surface area contributed by atoms with Crippen molar-refractivity contribution in [2.75, 3.05) is 18.4 Å². The summed E-state index contributed by atoms with van der Waals surface area (Å²) in [7, 11) is 0. The Hall–Kier alpha value is -0.870. The smallest absolute Gasteiger partial charge is 0.224 e. The highest BCUT2D eigenvalue weighted by molar-refractivity contribution is 6.28. The maximum Gasteiger partial charge on any atom is 0.224 e. The average Bonchev–Trinajstić information content (AvgIpc) is 2.01. The highest BCUT2D eigenvalue weighted by atomic mass is 35.5. The van der Waals surface area contributed by atoms with Gasteiger partial charge >= 0.3 is 0 Å². The van der Waals surface area contributed by atoms with Crippen LogP contribution in [-0.4, -0.2) is 23.1 Å². The van der Waals surface area contributed by atoms with Gasteiger partial charge in [0.05, 0.1) is 0 Å². The number of nitrogens with two attached hydrogens (primary N) is 1. The number of aromatic nitrogens is 2. The summed E-state index contributed by atoms with van der Waals surface area (Å²) in [6.45, 7) is 1.26. The Kier molecular flexibility index (Phi) is 3.07. The van der Waals surface area contributed by atoms with Gasteiger partial charge in [-0.05, 0) is 17.7 Å². The minimum absolute atomic E-state index is 0.243. The second kappa shape index (κ2) is 4.10. The number of halogens is 1. The zero-order valence-corrected chi connectivity index (χ0v) is 6.67. The summed E-state index contributed by atoms with van der Waals surface area (Å²) >= 11 is 5.53. The lowest BCUT2D eigenvalue weighted by molar-refractivity contribution is 1.00. The first-order valence-corrected chi connectivity index (χ1v) is 3.63. The lowest BCUT2D eigenvalue weighted by Gasteiger charge is -2.01. The molecule has 0 fully saturated rings. The number of rotatable bonds is 3. The van der Waals surface area contributed by atoms with Crippen molar-refractivity contribution in [2.45, 2.75) is 0 Å². The molecule has 0 spiro atoms. The van der Waals surface area contributed by atoms with Crippen LogP contribution in [-0.2, 0) is 0 Å². The first-order chi connectivity index (χ1) is 5.33. The van der Waals surface area contributed by atoms with E-state index in [1.807, 2.05) is 0 Å². The third-order valence-electron chi connectivity index (χ3n) is 1.08. The van der Waals surface area contributed by atoms with Crippen LogP contribution in [0.1, 0.15) is 0 Å². The number of anilines is 1. The molecule has 1 rings (SSSR count). The van der Waals surface area contributed by atoms with Crippen LogP contribution in [0.3, 0.4) is 0 Å². The first kappa shape index (κ1) is 8.23. The van der Waals surface area contributed by atoms with Gasteiger partial charge in [-0.25, -0.2) is 9.97 Å². The second-order valence-corrected chi connectivity index (χ2v) is 2.26. The van der Waals surface area contributed by atoms with E-state index < -0.39 is 0 Å². The third kappa shape index (κ3) is 2.69. The van der Waals surface area contributed by atoms with Crippen LogP contribution in [0.25, 0.3) is 0 Å². The van der Waals surface area contributed by atoms with Gasteiger partial charge in [-0.15, -0.1) is 0 Å². The zero-order valence-electron chi connectivity index (χ0n) is 5.92. The molecule has 0 bridgehead atoms. The van der Waals surface area contributed by atoms with Crippen LogP contribution in [0.2, 0.25) is 5.28 Å². The number of nitrogens with zero attached hydrogens (tertiary/aromatic N) is 2. The lowest BCUT2D eigenvalue weighted by atomic mass is 10.5. The van der Waals surface area contributed by atoms with Gasteiger partial charge in [0, 0.05) is 19.3 Å². The summed E-state index contributed by atoms with van der Waals surface area (Å²) in [6, 6.07) is 1.74. The molecule has 4 nitrogen and oxygen atoms in total. The molecule has 0 amide bonds. The molecular formula is C6H9ClN4. The molecule has 0 radical (unpaired) electrons. The fourth-order valence-electron chi connectivity index (χ4n) is 0.634. The molecule has 1 aromatic rings. The van der Waals surface area contributed by atoms with E-state index >= 15 is 0 Å². The minimum atomic E-state index is 0.243. The Labute approximate surface area is 69.8 Å². The van der Waals surface area contributed by atoms with Crippen molar-refractivity contribution < 1.29 is 0 Å². The Morgan fingerprint density at radius 2 is 2.45 bits per heavy atom. The highest BCUT2D eigenvalue weighted by Crippen LogP contribution is 2.04. The van der Waals surface area contributed by atoms with E-state index in [2.05, 4.69) is 15.3 Å². The molecular weight excluding hydrogens is 164 g/mol. The standard InChI is InChI=1S/C6H9ClN4/c7-6-10-3-1-5(11-6)9-4-2-8/h1,3H,2,4,8H2,(H,9,10,11). The van der Waals surface area contributed by atoms with Crippen molar-refractivity contribution in [2.24, 2.45) is 5.73 Å². The molecule has 0 aliphatic rings. The van der Waals surface area contributed by atoms with E-state index in [1.54, 1.807) is 12.3 Å².